The number of carbonyl (C=O) groups excluding carboxylic acids is 1. The molecule has 2 aliphatic rings. The Labute approximate surface area is 152 Å². The van der Waals surface area contributed by atoms with Crippen LogP contribution in [-0.4, -0.2) is 38.2 Å². The van der Waals surface area contributed by atoms with Crippen LogP contribution in [0.1, 0.15) is 35.2 Å². The summed E-state index contributed by atoms with van der Waals surface area (Å²) in [6, 6.07) is 1.59. The molecule has 1 atom stereocenters. The van der Waals surface area contributed by atoms with Gasteiger partial charge in [-0.2, -0.15) is 16.9 Å². The third-order valence-electron chi connectivity index (χ3n) is 4.09. The molecule has 2 aromatic heterocycles. The summed E-state index contributed by atoms with van der Waals surface area (Å²) in [7, 11) is 0. The van der Waals surface area contributed by atoms with E-state index in [2.05, 4.69) is 20.6 Å². The summed E-state index contributed by atoms with van der Waals surface area (Å²) in [5.41, 5.74) is 1.62. The van der Waals surface area contributed by atoms with E-state index in [0.717, 1.165) is 53.6 Å². The van der Waals surface area contributed by atoms with Crippen molar-refractivity contribution in [3.8, 4) is 0 Å². The average Bonchev–Trinajstić information content (AvgIpc) is 3.26. The lowest BCUT2D eigenvalue weighted by Gasteiger charge is -2.15. The standard InChI is InChI=1S/C15H17N5O3S2/c21-12(16-15-18-17-14(25-15)11-2-1-4-23-11)7-20-13(22)6-9-8-24-5-3-10(9)19-20/h6,11H,1-5,7-8H2,(H,16,18,21). The summed E-state index contributed by atoms with van der Waals surface area (Å²) in [6.07, 6.45) is 2.74. The number of nitrogens with zero attached hydrogens (tertiary/aromatic N) is 4. The van der Waals surface area contributed by atoms with E-state index >= 15 is 0 Å². The van der Waals surface area contributed by atoms with Crippen LogP contribution in [0.3, 0.4) is 0 Å². The SMILES string of the molecule is O=C(Cn1nc2c(cc1=O)CSCC2)Nc1nnc(C2CCCO2)s1. The summed E-state index contributed by atoms with van der Waals surface area (Å²) in [6.45, 7) is 0.603. The van der Waals surface area contributed by atoms with Crippen molar-refractivity contribution in [2.75, 3.05) is 17.7 Å². The summed E-state index contributed by atoms with van der Waals surface area (Å²) in [5, 5.41) is 16.3. The number of fused-ring (bicyclic) bond motifs is 1. The molecular formula is C15H17N5O3S2. The summed E-state index contributed by atoms with van der Waals surface area (Å²) in [4.78, 5) is 24.4. The van der Waals surface area contributed by atoms with Gasteiger partial charge in [-0.1, -0.05) is 11.3 Å². The van der Waals surface area contributed by atoms with E-state index in [-0.39, 0.29) is 24.1 Å². The van der Waals surface area contributed by atoms with Crippen LogP contribution in [0.5, 0.6) is 0 Å². The van der Waals surface area contributed by atoms with E-state index in [4.69, 9.17) is 4.74 Å². The topological polar surface area (TPSA) is 99.0 Å². The molecule has 1 N–H and O–H groups in total. The van der Waals surface area contributed by atoms with E-state index < -0.39 is 0 Å². The molecule has 0 bridgehead atoms. The molecule has 1 unspecified atom stereocenters. The van der Waals surface area contributed by atoms with Gasteiger partial charge in [-0.25, -0.2) is 4.68 Å². The maximum atomic E-state index is 12.2. The molecule has 25 heavy (non-hydrogen) atoms. The molecule has 4 heterocycles. The highest BCUT2D eigenvalue weighted by molar-refractivity contribution is 7.98. The van der Waals surface area contributed by atoms with Crippen LogP contribution in [0.15, 0.2) is 10.9 Å². The van der Waals surface area contributed by atoms with Crippen molar-refractivity contribution in [3.63, 3.8) is 0 Å². The van der Waals surface area contributed by atoms with Crippen LogP contribution >= 0.6 is 23.1 Å². The van der Waals surface area contributed by atoms with Crippen molar-refractivity contribution < 1.29 is 9.53 Å². The first kappa shape index (κ1) is 16.7. The highest BCUT2D eigenvalue weighted by atomic mass is 32.2. The molecule has 0 aromatic carbocycles. The fraction of sp³-hybridized carbons (Fsp3) is 0.533. The van der Waals surface area contributed by atoms with E-state index in [1.165, 1.54) is 16.0 Å². The zero-order valence-corrected chi connectivity index (χ0v) is 15.1. The van der Waals surface area contributed by atoms with Gasteiger partial charge in [0.25, 0.3) is 5.56 Å². The number of carbonyl (C=O) groups is 1. The van der Waals surface area contributed by atoms with Gasteiger partial charge in [0.05, 0.1) is 5.69 Å². The van der Waals surface area contributed by atoms with Crippen molar-refractivity contribution in [2.24, 2.45) is 0 Å². The minimum absolute atomic E-state index is 0.0223. The second kappa shape index (κ2) is 7.22. The summed E-state index contributed by atoms with van der Waals surface area (Å²) < 4.78 is 6.77. The lowest BCUT2D eigenvalue weighted by atomic mass is 10.2. The van der Waals surface area contributed by atoms with Crippen LogP contribution < -0.4 is 10.9 Å². The molecule has 0 saturated carbocycles. The van der Waals surface area contributed by atoms with Crippen LogP contribution in [-0.2, 0) is 28.2 Å². The maximum Gasteiger partial charge on any atom is 0.267 e. The number of nitrogens with one attached hydrogen (secondary N) is 1. The van der Waals surface area contributed by atoms with Gasteiger partial charge >= 0.3 is 0 Å². The number of hydrogen-bond donors (Lipinski definition) is 1. The third kappa shape index (κ3) is 3.75. The summed E-state index contributed by atoms with van der Waals surface area (Å²) >= 11 is 3.10. The van der Waals surface area contributed by atoms with Gasteiger partial charge in [0.1, 0.15) is 17.7 Å². The van der Waals surface area contributed by atoms with Crippen molar-refractivity contribution in [1.82, 2.24) is 20.0 Å². The number of rotatable bonds is 4. The molecule has 2 aliphatic heterocycles. The number of aryl methyl sites for hydroxylation is 1. The molecule has 1 saturated heterocycles. The van der Waals surface area contributed by atoms with Gasteiger partial charge in [0.2, 0.25) is 11.0 Å². The summed E-state index contributed by atoms with van der Waals surface area (Å²) in [5.74, 6) is 1.46. The van der Waals surface area contributed by atoms with Crippen molar-refractivity contribution >= 4 is 34.1 Å². The lowest BCUT2D eigenvalue weighted by molar-refractivity contribution is -0.117. The van der Waals surface area contributed by atoms with Gasteiger partial charge in [0, 0.05) is 24.8 Å². The molecule has 1 amide bonds. The monoisotopic (exact) mass is 379 g/mol. The van der Waals surface area contributed by atoms with Gasteiger partial charge in [-0.15, -0.1) is 10.2 Å². The predicted molar refractivity (Wildman–Crippen MR) is 94.8 cm³/mol. The molecule has 0 aliphatic carbocycles. The van der Waals surface area contributed by atoms with Crippen LogP contribution in [0, 0.1) is 0 Å². The smallest absolute Gasteiger partial charge is 0.267 e. The molecule has 0 radical (unpaired) electrons. The second-order valence-corrected chi connectivity index (χ2v) is 8.02. The Hall–Kier alpha value is -1.78. The van der Waals surface area contributed by atoms with E-state index in [9.17, 15) is 9.59 Å². The maximum absolute atomic E-state index is 12.2. The van der Waals surface area contributed by atoms with Crippen molar-refractivity contribution in [2.45, 2.75) is 37.7 Å². The molecule has 10 heteroatoms. The quantitative estimate of drug-likeness (QED) is 0.856. The van der Waals surface area contributed by atoms with Crippen molar-refractivity contribution in [3.05, 3.63) is 32.7 Å². The van der Waals surface area contributed by atoms with Gasteiger partial charge in [-0.3, -0.25) is 14.9 Å². The second-order valence-electron chi connectivity index (χ2n) is 5.91. The molecule has 0 spiro atoms. The van der Waals surface area contributed by atoms with Gasteiger partial charge in [-0.05, 0) is 24.2 Å². The Balaban J connectivity index is 1.43. The zero-order valence-electron chi connectivity index (χ0n) is 13.4. The number of aromatic nitrogens is 4. The van der Waals surface area contributed by atoms with Crippen LogP contribution in [0.2, 0.25) is 0 Å². The molecule has 2 aromatic rings. The third-order valence-corrected chi connectivity index (χ3v) is 6.03. The number of amides is 1. The number of thioether (sulfide) groups is 1. The Morgan fingerprint density at radius 3 is 3.20 bits per heavy atom. The van der Waals surface area contributed by atoms with Gasteiger partial charge < -0.3 is 4.74 Å². The number of anilines is 1. The predicted octanol–water partition coefficient (Wildman–Crippen LogP) is 1.37. The molecule has 8 nitrogen and oxygen atoms in total. The molecular weight excluding hydrogens is 362 g/mol. The Bertz CT molecular complexity index is 844. The first-order valence-corrected chi connectivity index (χ1v) is 10.1. The lowest BCUT2D eigenvalue weighted by Crippen LogP contribution is -2.31. The molecule has 1 fully saturated rings. The fourth-order valence-corrected chi connectivity index (χ4v) is 4.64. The Morgan fingerprint density at radius 1 is 1.44 bits per heavy atom. The van der Waals surface area contributed by atoms with E-state index in [0.29, 0.717) is 5.13 Å². The van der Waals surface area contributed by atoms with E-state index in [1.54, 1.807) is 17.8 Å². The van der Waals surface area contributed by atoms with Gasteiger partial charge in [0.15, 0.2) is 0 Å². The van der Waals surface area contributed by atoms with E-state index in [1.807, 2.05) is 0 Å². The average molecular weight is 379 g/mol. The highest BCUT2D eigenvalue weighted by Gasteiger charge is 2.22. The van der Waals surface area contributed by atoms with Crippen LogP contribution in [0.25, 0.3) is 0 Å². The van der Waals surface area contributed by atoms with Crippen molar-refractivity contribution in [1.29, 1.82) is 0 Å². The Morgan fingerprint density at radius 2 is 2.36 bits per heavy atom. The van der Waals surface area contributed by atoms with Crippen LogP contribution in [0.4, 0.5) is 5.13 Å². The number of ether oxygens (including phenoxy) is 1. The molecule has 132 valence electrons. The largest absolute Gasteiger partial charge is 0.371 e. The minimum Gasteiger partial charge on any atom is -0.371 e. The highest BCUT2D eigenvalue weighted by Crippen LogP contribution is 2.31. The zero-order chi connectivity index (χ0) is 17.2. The first-order valence-electron chi connectivity index (χ1n) is 8.11. The Kier molecular flexibility index (Phi) is 4.82. The fourth-order valence-electron chi connectivity index (χ4n) is 2.85. The number of hydrogen-bond acceptors (Lipinski definition) is 8. The normalized spacial score (nSPS) is 19.6. The minimum atomic E-state index is -0.338. The molecule has 4 rings (SSSR count). The first-order chi connectivity index (χ1) is 12.2.